The van der Waals surface area contributed by atoms with Gasteiger partial charge in [-0.1, -0.05) is 63.8 Å². The van der Waals surface area contributed by atoms with Crippen LogP contribution in [0.4, 0.5) is 0 Å². The third kappa shape index (κ3) is 3.14. The van der Waals surface area contributed by atoms with Gasteiger partial charge in [0.1, 0.15) is 0 Å². The molecule has 0 spiro atoms. The van der Waals surface area contributed by atoms with E-state index in [1.807, 2.05) is 0 Å². The smallest absolute Gasteiger partial charge is 0.00597 e. The molecule has 2 fully saturated rings. The molecule has 4 aliphatic carbocycles. The van der Waals surface area contributed by atoms with Crippen molar-refractivity contribution in [2.24, 2.45) is 64.6 Å². The van der Waals surface area contributed by atoms with Crippen molar-refractivity contribution < 1.29 is 0 Å². The van der Waals surface area contributed by atoms with Crippen LogP contribution in [-0.4, -0.2) is 0 Å². The van der Waals surface area contributed by atoms with Gasteiger partial charge >= 0.3 is 0 Å². The van der Waals surface area contributed by atoms with Gasteiger partial charge < -0.3 is 0 Å². The minimum absolute atomic E-state index is 0.306. The lowest BCUT2D eigenvalue weighted by molar-refractivity contribution is 0.0206. The molecule has 184 valence electrons. The molecule has 2 saturated carbocycles. The Kier molecular flexibility index (Phi) is 6.07. The van der Waals surface area contributed by atoms with Crippen molar-refractivity contribution >= 4 is 0 Å². The first kappa shape index (κ1) is 25.1. The average Bonchev–Trinajstić information content (AvgIpc) is 3.23. The molecule has 0 bridgehead atoms. The second-order valence-corrected chi connectivity index (χ2v) is 13.6. The summed E-state index contributed by atoms with van der Waals surface area (Å²) in [6, 6.07) is 0. The molecule has 0 aromatic heterocycles. The first-order valence-electron chi connectivity index (χ1n) is 13.9. The molecule has 8 atom stereocenters. The van der Waals surface area contributed by atoms with Gasteiger partial charge in [-0.2, -0.15) is 0 Å². The Morgan fingerprint density at radius 3 is 0.970 bits per heavy atom. The highest BCUT2D eigenvalue weighted by Gasteiger charge is 2.62. The third-order valence-electron chi connectivity index (χ3n) is 12.8. The molecule has 0 N–H and O–H groups in total. The normalized spacial score (nSPS) is 44.2. The quantitative estimate of drug-likeness (QED) is 0.394. The summed E-state index contributed by atoms with van der Waals surface area (Å²) in [6.45, 7) is 35.1. The molecule has 0 saturated heterocycles. The second kappa shape index (κ2) is 7.99. The van der Waals surface area contributed by atoms with Crippen LogP contribution in [0.5, 0.6) is 0 Å². The lowest BCUT2D eigenvalue weighted by Crippen LogP contribution is -2.43. The minimum atomic E-state index is 0.306. The van der Waals surface area contributed by atoms with Crippen LogP contribution in [-0.2, 0) is 0 Å². The van der Waals surface area contributed by atoms with Crippen LogP contribution in [0.1, 0.15) is 96.9 Å². The Balaban J connectivity index is 1.96. The topological polar surface area (TPSA) is 0 Å². The number of fused-ring (bicyclic) bond motifs is 3. The van der Waals surface area contributed by atoms with Gasteiger partial charge in [-0.3, -0.25) is 0 Å². The molecule has 0 amide bonds. The zero-order valence-electron chi connectivity index (χ0n) is 24.3. The highest BCUT2D eigenvalue weighted by molar-refractivity contribution is 5.51. The van der Waals surface area contributed by atoms with Crippen LogP contribution in [0.3, 0.4) is 0 Å². The number of rotatable bonds is 2. The molecule has 4 aliphatic rings. The molecule has 8 unspecified atom stereocenters. The monoisotopic (exact) mass is 448 g/mol. The SMILES string of the molecule is CC1=C(C)C2C3C(C)=C(C)C(C)=C(C)C3C(C(C)(C)C3C(C)C(C)C(C)C3C)C2C(C)=C1C. The lowest BCUT2D eigenvalue weighted by Gasteiger charge is -2.49. The van der Waals surface area contributed by atoms with Gasteiger partial charge in [-0.25, -0.2) is 0 Å². The summed E-state index contributed by atoms with van der Waals surface area (Å²) >= 11 is 0. The van der Waals surface area contributed by atoms with Crippen LogP contribution in [0, 0.1) is 64.6 Å². The third-order valence-corrected chi connectivity index (χ3v) is 12.8. The zero-order chi connectivity index (χ0) is 24.9. The Morgan fingerprint density at radius 2 is 0.667 bits per heavy atom. The number of hydrogen-bond donors (Lipinski definition) is 0. The van der Waals surface area contributed by atoms with E-state index in [9.17, 15) is 0 Å². The van der Waals surface area contributed by atoms with Gasteiger partial charge in [-0.15, -0.1) is 0 Å². The predicted octanol–water partition coefficient (Wildman–Crippen LogP) is 9.65. The van der Waals surface area contributed by atoms with E-state index in [0.717, 1.165) is 29.6 Å². The molecule has 4 rings (SSSR count). The Hall–Kier alpha value is -1.04. The molecule has 0 aromatic carbocycles. The summed E-state index contributed by atoms with van der Waals surface area (Å²) < 4.78 is 0. The molecule has 0 heteroatoms. The van der Waals surface area contributed by atoms with Crippen molar-refractivity contribution in [1.29, 1.82) is 0 Å². The van der Waals surface area contributed by atoms with E-state index < -0.39 is 0 Å². The van der Waals surface area contributed by atoms with Gasteiger partial charge in [0.15, 0.2) is 0 Å². The predicted molar refractivity (Wildman–Crippen MR) is 145 cm³/mol. The minimum Gasteiger partial charge on any atom is -0.0661 e. The number of allylic oxidation sites excluding steroid dienone is 8. The van der Waals surface area contributed by atoms with Gasteiger partial charge in [-0.05, 0) is 142 Å². The van der Waals surface area contributed by atoms with E-state index in [2.05, 4.69) is 96.9 Å². The van der Waals surface area contributed by atoms with Crippen molar-refractivity contribution in [2.75, 3.05) is 0 Å². The Labute approximate surface area is 206 Å². The zero-order valence-corrected chi connectivity index (χ0v) is 24.3. The fourth-order valence-electron chi connectivity index (χ4n) is 10.0. The van der Waals surface area contributed by atoms with Crippen molar-refractivity contribution in [3.05, 3.63) is 44.6 Å². The largest absolute Gasteiger partial charge is 0.0661 e. The van der Waals surface area contributed by atoms with Crippen LogP contribution < -0.4 is 0 Å². The average molecular weight is 449 g/mol. The highest BCUT2D eigenvalue weighted by atomic mass is 14.7. The standard InChI is InChI=1S/C33H52/c1-15-17(3)23(9)29-27(21(15)7)28-22(8)16(2)18(4)24(10)30(28)32(29)33(13,14)31-25(11)19(5)20(6)26(31)12/h19-20,25-32H,1-14H3. The fourth-order valence-corrected chi connectivity index (χ4v) is 10.0. The van der Waals surface area contributed by atoms with Crippen LogP contribution in [0.2, 0.25) is 0 Å². The van der Waals surface area contributed by atoms with Crippen molar-refractivity contribution in [2.45, 2.75) is 96.9 Å². The molecule has 0 nitrogen and oxygen atoms in total. The molecular weight excluding hydrogens is 396 g/mol. The van der Waals surface area contributed by atoms with Crippen LogP contribution in [0.25, 0.3) is 0 Å². The summed E-state index contributed by atoms with van der Waals surface area (Å²) in [4.78, 5) is 0. The molecule has 0 aliphatic heterocycles. The van der Waals surface area contributed by atoms with Gasteiger partial charge in [0, 0.05) is 0 Å². The van der Waals surface area contributed by atoms with E-state index in [-0.39, 0.29) is 0 Å². The molecular formula is C33H52. The molecule has 33 heavy (non-hydrogen) atoms. The van der Waals surface area contributed by atoms with Gasteiger partial charge in [0.05, 0.1) is 0 Å². The summed E-state index contributed by atoms with van der Waals surface area (Å²) in [5.41, 5.74) is 13.4. The Bertz CT molecular complexity index is 904. The summed E-state index contributed by atoms with van der Waals surface area (Å²) in [5.74, 6) is 7.40. The lowest BCUT2D eigenvalue weighted by atomic mass is 9.55. The number of hydrogen-bond acceptors (Lipinski definition) is 0. The van der Waals surface area contributed by atoms with Crippen LogP contribution >= 0.6 is 0 Å². The van der Waals surface area contributed by atoms with E-state index in [0.29, 0.717) is 35.0 Å². The van der Waals surface area contributed by atoms with Crippen LogP contribution in [0.15, 0.2) is 44.6 Å². The molecule has 0 radical (unpaired) electrons. The Morgan fingerprint density at radius 1 is 0.394 bits per heavy atom. The van der Waals surface area contributed by atoms with Gasteiger partial charge in [0.25, 0.3) is 0 Å². The highest BCUT2D eigenvalue weighted by Crippen LogP contribution is 2.69. The van der Waals surface area contributed by atoms with Crippen molar-refractivity contribution in [3.63, 3.8) is 0 Å². The van der Waals surface area contributed by atoms with E-state index >= 15 is 0 Å². The van der Waals surface area contributed by atoms with E-state index in [4.69, 9.17) is 0 Å². The second-order valence-electron chi connectivity index (χ2n) is 13.6. The molecule has 0 heterocycles. The maximum atomic E-state index is 2.69. The summed E-state index contributed by atoms with van der Waals surface area (Å²) in [6.07, 6.45) is 0. The first-order valence-corrected chi connectivity index (χ1v) is 13.9. The van der Waals surface area contributed by atoms with Crippen molar-refractivity contribution in [1.82, 2.24) is 0 Å². The van der Waals surface area contributed by atoms with Crippen molar-refractivity contribution in [3.8, 4) is 0 Å². The first-order chi connectivity index (χ1) is 15.2. The molecule has 0 aromatic rings. The summed E-state index contributed by atoms with van der Waals surface area (Å²) in [7, 11) is 0. The van der Waals surface area contributed by atoms with E-state index in [1.54, 1.807) is 44.6 Å². The fraction of sp³-hybridized carbons (Fsp3) is 0.758. The van der Waals surface area contributed by atoms with Gasteiger partial charge in [0.2, 0.25) is 0 Å². The maximum absolute atomic E-state index is 2.69. The van der Waals surface area contributed by atoms with E-state index in [1.165, 1.54) is 0 Å². The maximum Gasteiger partial charge on any atom is -0.00597 e. The summed E-state index contributed by atoms with van der Waals surface area (Å²) in [5, 5.41) is 0.